The van der Waals surface area contributed by atoms with Crippen molar-refractivity contribution in [3.63, 3.8) is 0 Å². The third kappa shape index (κ3) is 2.01. The van der Waals surface area contributed by atoms with Crippen molar-refractivity contribution in [3.05, 3.63) is 84.4 Å². The Labute approximate surface area is 227 Å². The van der Waals surface area contributed by atoms with Gasteiger partial charge in [-0.1, -0.05) is 54.2 Å². The van der Waals surface area contributed by atoms with E-state index in [1.54, 1.807) is 5.56 Å². The average Bonchev–Trinajstić information content (AvgIpc) is 3.44. The number of hydrogen-bond donors (Lipinski definition) is 0. The molecule has 7 aliphatic rings. The van der Waals surface area contributed by atoms with Crippen LogP contribution in [0.4, 0.5) is 17.1 Å². The second-order valence-electron chi connectivity index (χ2n) is 13.1. The lowest BCUT2D eigenvalue weighted by atomic mass is 9.34. The molecular weight excluding hydrogens is 481 g/mol. The number of ether oxygens (including phenoxy) is 1. The molecule has 3 aliphatic heterocycles. The average molecular weight is 507 g/mol. The van der Waals surface area contributed by atoms with Crippen LogP contribution in [0.2, 0.25) is 0 Å². The molecule has 0 amide bonds. The summed E-state index contributed by atoms with van der Waals surface area (Å²) in [6.45, 7) is 0.209. The molecule has 2 unspecified atom stereocenters. The Morgan fingerprint density at radius 2 is 1.55 bits per heavy atom. The van der Waals surface area contributed by atoms with Crippen LogP contribution in [-0.2, 0) is 5.41 Å². The van der Waals surface area contributed by atoms with Gasteiger partial charge in [-0.25, -0.2) is 0 Å². The van der Waals surface area contributed by atoms with Gasteiger partial charge in [0.05, 0.1) is 11.4 Å². The molecule has 38 heavy (non-hydrogen) atoms. The second-order valence-corrected chi connectivity index (χ2v) is 14.2. The maximum absolute atomic E-state index is 6.74. The van der Waals surface area contributed by atoms with E-state index in [2.05, 4.69) is 83.8 Å². The maximum atomic E-state index is 6.74. The fraction of sp³-hybridized carbons (Fsp3) is 0.294. The molecule has 2 atom stereocenters. The van der Waals surface area contributed by atoms with E-state index in [0.29, 0.717) is 5.41 Å². The van der Waals surface area contributed by atoms with Gasteiger partial charge >= 0.3 is 0 Å². The fourth-order valence-corrected chi connectivity index (χ4v) is 11.7. The molecule has 0 aromatic heterocycles. The zero-order valence-corrected chi connectivity index (χ0v) is 21.9. The first-order valence-corrected chi connectivity index (χ1v) is 15.2. The molecule has 4 fully saturated rings. The highest BCUT2D eigenvalue weighted by molar-refractivity contribution is 7.99. The number of fused-ring (bicyclic) bond motifs is 8. The number of nitrogens with zero attached hydrogens (tertiary/aromatic N) is 1. The minimum Gasteiger partial charge on any atom is -0.458 e. The number of rotatable bonds is 1. The normalized spacial score (nSPS) is 32.7. The Morgan fingerprint density at radius 1 is 0.763 bits per heavy atom. The van der Waals surface area contributed by atoms with Gasteiger partial charge in [0.2, 0.25) is 0 Å². The highest BCUT2D eigenvalue weighted by atomic mass is 32.2. The Hall–Kier alpha value is -3.11. The third-order valence-electron chi connectivity index (χ3n) is 12.0. The molecule has 4 aliphatic carbocycles. The number of hydrogen-bond acceptors (Lipinski definition) is 3. The SMILES string of the molecule is c1ccc2c(c1)Sc1ccc3c4c1N2c1ccccc1B4c1cc(C24CC5CC6CC(C2)C65C4)ccc1O3. The van der Waals surface area contributed by atoms with Gasteiger partial charge in [0.15, 0.2) is 0 Å². The first-order chi connectivity index (χ1) is 18.7. The van der Waals surface area contributed by atoms with Crippen molar-refractivity contribution in [3.8, 4) is 11.5 Å². The van der Waals surface area contributed by atoms with Crippen LogP contribution in [0.3, 0.4) is 0 Å². The summed E-state index contributed by atoms with van der Waals surface area (Å²) in [5.74, 6) is 5.12. The molecule has 11 rings (SSSR count). The van der Waals surface area contributed by atoms with E-state index in [4.69, 9.17) is 4.74 Å². The molecule has 3 heterocycles. The summed E-state index contributed by atoms with van der Waals surface area (Å²) in [6, 6.07) is 29.8. The van der Waals surface area contributed by atoms with Crippen LogP contribution in [0.1, 0.15) is 37.7 Å². The Bertz CT molecular complexity index is 1760. The molecule has 182 valence electrons. The van der Waals surface area contributed by atoms with Gasteiger partial charge in [-0.3, -0.25) is 0 Å². The van der Waals surface area contributed by atoms with Crippen molar-refractivity contribution in [1.82, 2.24) is 0 Å². The lowest BCUT2D eigenvalue weighted by molar-refractivity contribution is -0.175. The van der Waals surface area contributed by atoms with E-state index in [-0.39, 0.29) is 6.71 Å². The highest BCUT2D eigenvalue weighted by Gasteiger charge is 2.77. The summed E-state index contributed by atoms with van der Waals surface area (Å²) in [5.41, 5.74) is 10.8. The summed E-state index contributed by atoms with van der Waals surface area (Å²) < 4.78 is 6.74. The monoisotopic (exact) mass is 507 g/mol. The molecule has 0 radical (unpaired) electrons. The smallest absolute Gasteiger partial charge is 0.256 e. The van der Waals surface area contributed by atoms with Crippen molar-refractivity contribution >= 4 is 51.9 Å². The molecular formula is C34H26BNOS. The Balaban J connectivity index is 1.14. The second kappa shape index (κ2) is 6.20. The standard InChI is InChI=1S/C34H26BNOS/c1-2-6-25-23(5-1)35-24-15-19(33-16-21-13-20-14-22(17-33)34(20,21)18-33)9-10-27(24)37-28-11-12-30-32(31(28)35)36(25)26-7-3-4-8-29(26)38-30/h1-12,15,20-22H,13-14,16-18H2. The van der Waals surface area contributed by atoms with E-state index in [9.17, 15) is 0 Å². The van der Waals surface area contributed by atoms with E-state index >= 15 is 0 Å². The quantitative estimate of drug-likeness (QED) is 0.231. The summed E-state index contributed by atoms with van der Waals surface area (Å²) in [5, 5.41) is 0. The summed E-state index contributed by atoms with van der Waals surface area (Å²) >= 11 is 1.90. The predicted molar refractivity (Wildman–Crippen MR) is 154 cm³/mol. The third-order valence-corrected chi connectivity index (χ3v) is 13.1. The first kappa shape index (κ1) is 19.9. The molecule has 4 heteroatoms. The van der Waals surface area contributed by atoms with Crippen molar-refractivity contribution in [2.45, 2.75) is 47.3 Å². The van der Waals surface area contributed by atoms with Crippen molar-refractivity contribution in [2.24, 2.45) is 23.2 Å². The lowest BCUT2D eigenvalue weighted by Gasteiger charge is -2.66. The molecule has 0 saturated heterocycles. The zero-order chi connectivity index (χ0) is 24.4. The van der Waals surface area contributed by atoms with E-state index in [1.807, 2.05) is 11.8 Å². The molecule has 4 saturated carbocycles. The topological polar surface area (TPSA) is 12.5 Å². The lowest BCUT2D eigenvalue weighted by Crippen LogP contribution is -2.60. The van der Waals surface area contributed by atoms with Gasteiger partial charge < -0.3 is 9.64 Å². The predicted octanol–water partition coefficient (Wildman–Crippen LogP) is 6.63. The summed E-state index contributed by atoms with van der Waals surface area (Å²) in [6.07, 6.45) is 7.32. The van der Waals surface area contributed by atoms with Gasteiger partial charge in [-0.15, -0.1) is 0 Å². The molecule has 2 bridgehead atoms. The number of benzene rings is 4. The van der Waals surface area contributed by atoms with Crippen LogP contribution < -0.4 is 26.0 Å². The van der Waals surface area contributed by atoms with Crippen LogP contribution in [0.5, 0.6) is 11.5 Å². The van der Waals surface area contributed by atoms with E-state index < -0.39 is 0 Å². The van der Waals surface area contributed by atoms with Gasteiger partial charge in [0.25, 0.3) is 6.71 Å². The molecule has 4 aromatic carbocycles. The fourth-order valence-electron chi connectivity index (χ4n) is 10.6. The Kier molecular flexibility index (Phi) is 3.25. The highest BCUT2D eigenvalue weighted by Crippen LogP contribution is 2.84. The molecule has 0 N–H and O–H groups in total. The largest absolute Gasteiger partial charge is 0.458 e. The first-order valence-electron chi connectivity index (χ1n) is 14.4. The van der Waals surface area contributed by atoms with Crippen LogP contribution in [0, 0.1) is 23.2 Å². The van der Waals surface area contributed by atoms with Crippen LogP contribution >= 0.6 is 11.8 Å². The van der Waals surface area contributed by atoms with E-state index in [1.165, 1.54) is 75.3 Å². The van der Waals surface area contributed by atoms with Crippen LogP contribution in [0.25, 0.3) is 0 Å². The molecule has 4 aromatic rings. The van der Waals surface area contributed by atoms with Gasteiger partial charge in [-0.2, -0.15) is 0 Å². The van der Waals surface area contributed by atoms with Crippen LogP contribution in [0.15, 0.2) is 88.7 Å². The minimum absolute atomic E-state index is 0.209. The summed E-state index contributed by atoms with van der Waals surface area (Å²) in [7, 11) is 0. The van der Waals surface area contributed by atoms with Crippen molar-refractivity contribution in [1.29, 1.82) is 0 Å². The van der Waals surface area contributed by atoms with Crippen molar-refractivity contribution in [2.75, 3.05) is 4.90 Å². The minimum atomic E-state index is 0.209. The van der Waals surface area contributed by atoms with Crippen LogP contribution in [-0.4, -0.2) is 6.71 Å². The number of para-hydroxylation sites is 2. The van der Waals surface area contributed by atoms with Gasteiger partial charge in [0.1, 0.15) is 11.5 Å². The van der Waals surface area contributed by atoms with Gasteiger partial charge in [-0.05, 0) is 119 Å². The zero-order valence-electron chi connectivity index (χ0n) is 21.1. The summed E-state index contributed by atoms with van der Waals surface area (Å²) in [4.78, 5) is 5.15. The molecule has 1 spiro atoms. The maximum Gasteiger partial charge on any atom is 0.256 e. The molecule has 2 nitrogen and oxygen atoms in total. The number of anilines is 3. The van der Waals surface area contributed by atoms with Crippen molar-refractivity contribution < 1.29 is 4.74 Å². The van der Waals surface area contributed by atoms with Gasteiger partial charge in [0, 0.05) is 15.5 Å². The van der Waals surface area contributed by atoms with E-state index in [0.717, 1.165) is 34.7 Å². The Morgan fingerprint density at radius 3 is 2.39 bits per heavy atom.